The molecule has 1 aliphatic rings. The van der Waals surface area contributed by atoms with Crippen molar-refractivity contribution in [1.29, 1.82) is 0 Å². The summed E-state index contributed by atoms with van der Waals surface area (Å²) in [5.41, 5.74) is 0.849. The molecule has 0 spiro atoms. The van der Waals surface area contributed by atoms with E-state index < -0.39 is 0 Å². The molecule has 1 aromatic heterocycles. The van der Waals surface area contributed by atoms with E-state index in [1.807, 2.05) is 13.0 Å². The van der Waals surface area contributed by atoms with Crippen molar-refractivity contribution in [3.05, 3.63) is 17.0 Å². The van der Waals surface area contributed by atoms with Crippen molar-refractivity contribution >= 4 is 23.2 Å². The Hall–Kier alpha value is -1.16. The number of ketones is 1. The Bertz CT molecular complexity index is 364. The zero-order valence-corrected chi connectivity index (χ0v) is 9.29. The van der Waals surface area contributed by atoms with E-state index in [1.54, 1.807) is 0 Å². The van der Waals surface area contributed by atoms with Crippen LogP contribution >= 0.6 is 11.6 Å². The predicted octanol–water partition coefficient (Wildman–Crippen LogP) is 1.61. The van der Waals surface area contributed by atoms with Crippen LogP contribution in [0.15, 0.2) is 6.07 Å². The van der Waals surface area contributed by atoms with E-state index in [0.717, 1.165) is 24.6 Å². The van der Waals surface area contributed by atoms with E-state index in [0.29, 0.717) is 18.6 Å². The van der Waals surface area contributed by atoms with Gasteiger partial charge in [0.1, 0.15) is 11.6 Å². The Morgan fingerprint density at radius 2 is 2.00 bits per heavy atom. The number of nitrogens with zero attached hydrogens (tertiary/aromatic N) is 3. The molecule has 2 rings (SSSR count). The van der Waals surface area contributed by atoms with E-state index in [1.165, 1.54) is 0 Å². The summed E-state index contributed by atoms with van der Waals surface area (Å²) in [5, 5.41) is 0.266. The highest BCUT2D eigenvalue weighted by atomic mass is 35.5. The molecule has 0 aliphatic carbocycles. The van der Waals surface area contributed by atoms with Gasteiger partial charge in [0.05, 0.1) is 0 Å². The van der Waals surface area contributed by atoms with Gasteiger partial charge in [0.25, 0.3) is 0 Å². The molecule has 1 fully saturated rings. The van der Waals surface area contributed by atoms with Crippen molar-refractivity contribution in [2.75, 3.05) is 18.0 Å². The van der Waals surface area contributed by atoms with Gasteiger partial charge in [0.15, 0.2) is 0 Å². The molecule has 0 atom stereocenters. The van der Waals surface area contributed by atoms with Crippen LogP contribution in [0.2, 0.25) is 5.28 Å². The Morgan fingerprint density at radius 1 is 1.33 bits per heavy atom. The van der Waals surface area contributed by atoms with Gasteiger partial charge in [-0.2, -0.15) is 0 Å². The van der Waals surface area contributed by atoms with E-state index in [-0.39, 0.29) is 5.28 Å². The van der Waals surface area contributed by atoms with Crippen LogP contribution in [0.1, 0.15) is 18.5 Å². The monoisotopic (exact) mass is 225 g/mol. The first-order valence-electron chi connectivity index (χ1n) is 4.93. The summed E-state index contributed by atoms with van der Waals surface area (Å²) in [4.78, 5) is 21.3. The molecule has 80 valence electrons. The van der Waals surface area contributed by atoms with Gasteiger partial charge >= 0.3 is 0 Å². The highest BCUT2D eigenvalue weighted by molar-refractivity contribution is 6.28. The molecule has 1 aromatic rings. The maximum Gasteiger partial charge on any atom is 0.224 e. The summed E-state index contributed by atoms with van der Waals surface area (Å²) in [6, 6.07) is 1.89. The maximum absolute atomic E-state index is 11.1. The predicted molar refractivity (Wildman–Crippen MR) is 58.2 cm³/mol. The van der Waals surface area contributed by atoms with Gasteiger partial charge in [-0.15, -0.1) is 0 Å². The minimum atomic E-state index is 0.266. The molecule has 2 heterocycles. The molecule has 0 bridgehead atoms. The Labute approximate surface area is 93.3 Å². The van der Waals surface area contributed by atoms with E-state index in [4.69, 9.17) is 11.6 Å². The van der Waals surface area contributed by atoms with Crippen molar-refractivity contribution in [2.24, 2.45) is 0 Å². The Balaban J connectivity index is 2.18. The zero-order chi connectivity index (χ0) is 10.8. The Morgan fingerprint density at radius 3 is 2.60 bits per heavy atom. The van der Waals surface area contributed by atoms with Crippen LogP contribution in [0, 0.1) is 6.92 Å². The van der Waals surface area contributed by atoms with Crippen LogP contribution in [-0.4, -0.2) is 28.8 Å². The smallest absolute Gasteiger partial charge is 0.224 e. The molecule has 0 unspecified atom stereocenters. The number of halogens is 1. The summed E-state index contributed by atoms with van der Waals surface area (Å²) >= 11 is 5.78. The molecule has 4 nitrogen and oxygen atoms in total. The van der Waals surface area contributed by atoms with Gasteiger partial charge in [0, 0.05) is 37.7 Å². The molecule has 0 amide bonds. The minimum absolute atomic E-state index is 0.266. The quantitative estimate of drug-likeness (QED) is 0.682. The molecule has 0 saturated carbocycles. The van der Waals surface area contributed by atoms with Crippen LogP contribution in [0.25, 0.3) is 0 Å². The summed E-state index contributed by atoms with van der Waals surface area (Å²) in [5.74, 6) is 1.14. The molecule has 0 radical (unpaired) electrons. The van der Waals surface area contributed by atoms with Crippen molar-refractivity contribution in [3.8, 4) is 0 Å². The van der Waals surface area contributed by atoms with Crippen molar-refractivity contribution in [2.45, 2.75) is 19.8 Å². The largest absolute Gasteiger partial charge is 0.356 e. The molecule has 0 aromatic carbocycles. The lowest BCUT2D eigenvalue weighted by Crippen LogP contribution is -2.34. The molecule has 15 heavy (non-hydrogen) atoms. The van der Waals surface area contributed by atoms with Gasteiger partial charge in [-0.05, 0) is 18.5 Å². The molecular formula is C10H12ClN3O. The fourth-order valence-electron chi connectivity index (χ4n) is 1.66. The topological polar surface area (TPSA) is 46.1 Å². The Kier molecular flexibility index (Phi) is 2.86. The second-order valence-electron chi connectivity index (χ2n) is 3.66. The first kappa shape index (κ1) is 10.4. The summed E-state index contributed by atoms with van der Waals surface area (Å²) in [7, 11) is 0. The first-order valence-corrected chi connectivity index (χ1v) is 5.31. The minimum Gasteiger partial charge on any atom is -0.356 e. The second kappa shape index (κ2) is 4.14. The average Bonchev–Trinajstić information content (AvgIpc) is 2.17. The van der Waals surface area contributed by atoms with Crippen LogP contribution in [0.5, 0.6) is 0 Å². The van der Waals surface area contributed by atoms with Gasteiger partial charge in [-0.1, -0.05) is 0 Å². The number of hydrogen-bond donors (Lipinski definition) is 0. The van der Waals surface area contributed by atoms with Gasteiger partial charge in [-0.3, -0.25) is 4.79 Å². The molecular weight excluding hydrogens is 214 g/mol. The number of Topliss-reactive ketones (excluding diaryl/α,β-unsaturated/α-hetero) is 1. The first-order chi connectivity index (χ1) is 7.15. The number of piperidine rings is 1. The fourth-order valence-corrected chi connectivity index (χ4v) is 1.88. The molecule has 1 saturated heterocycles. The van der Waals surface area contributed by atoms with Gasteiger partial charge < -0.3 is 4.90 Å². The normalized spacial score (nSPS) is 16.9. The highest BCUT2D eigenvalue weighted by Gasteiger charge is 2.17. The average molecular weight is 226 g/mol. The molecule has 5 heteroatoms. The van der Waals surface area contributed by atoms with Crippen LogP contribution in [0.4, 0.5) is 5.82 Å². The third-order valence-corrected chi connectivity index (χ3v) is 2.63. The van der Waals surface area contributed by atoms with Crippen molar-refractivity contribution in [1.82, 2.24) is 9.97 Å². The van der Waals surface area contributed by atoms with Crippen molar-refractivity contribution < 1.29 is 4.79 Å². The lowest BCUT2D eigenvalue weighted by atomic mass is 10.1. The third-order valence-electron chi connectivity index (χ3n) is 2.46. The number of aromatic nitrogens is 2. The van der Waals surface area contributed by atoms with Crippen LogP contribution in [0.3, 0.4) is 0 Å². The summed E-state index contributed by atoms with van der Waals surface area (Å²) in [6.07, 6.45) is 1.20. The number of anilines is 1. The number of aryl methyl sites for hydroxylation is 1. The van der Waals surface area contributed by atoms with Crippen LogP contribution < -0.4 is 4.90 Å². The lowest BCUT2D eigenvalue weighted by Gasteiger charge is -2.27. The number of hydrogen-bond acceptors (Lipinski definition) is 4. The maximum atomic E-state index is 11.1. The number of carbonyl (C=O) groups is 1. The van der Waals surface area contributed by atoms with Gasteiger partial charge in [0.2, 0.25) is 5.28 Å². The summed E-state index contributed by atoms with van der Waals surface area (Å²) < 4.78 is 0. The molecule has 0 N–H and O–H groups in total. The fraction of sp³-hybridized carbons (Fsp3) is 0.500. The number of carbonyl (C=O) groups excluding carboxylic acids is 1. The third kappa shape index (κ3) is 2.45. The van der Waals surface area contributed by atoms with E-state index in [2.05, 4.69) is 14.9 Å². The SMILES string of the molecule is Cc1cc(N2CCC(=O)CC2)nc(Cl)n1. The standard InChI is InChI=1S/C10H12ClN3O/c1-7-6-9(13-10(11)12-7)14-4-2-8(15)3-5-14/h6H,2-5H2,1H3. The second-order valence-corrected chi connectivity index (χ2v) is 4.00. The zero-order valence-electron chi connectivity index (χ0n) is 8.53. The lowest BCUT2D eigenvalue weighted by molar-refractivity contribution is -0.119. The van der Waals surface area contributed by atoms with Gasteiger partial charge in [-0.25, -0.2) is 9.97 Å². The van der Waals surface area contributed by atoms with E-state index >= 15 is 0 Å². The van der Waals surface area contributed by atoms with Crippen molar-refractivity contribution in [3.63, 3.8) is 0 Å². The van der Waals surface area contributed by atoms with E-state index in [9.17, 15) is 4.79 Å². The van der Waals surface area contributed by atoms with Crippen LogP contribution in [-0.2, 0) is 4.79 Å². The molecule has 1 aliphatic heterocycles. The highest BCUT2D eigenvalue weighted by Crippen LogP contribution is 2.18. The number of rotatable bonds is 1. The summed E-state index contributed by atoms with van der Waals surface area (Å²) in [6.45, 7) is 3.34.